The Balaban J connectivity index is 0.00000154. The van der Waals surface area contributed by atoms with Crippen LogP contribution in [-0.4, -0.2) is 5.75 Å². The molecule has 0 bridgehead atoms. The predicted molar refractivity (Wildman–Crippen MR) is 90.9 cm³/mol. The van der Waals surface area contributed by atoms with Gasteiger partial charge >= 0.3 is 0 Å². The zero-order valence-corrected chi connectivity index (χ0v) is 13.9. The molecule has 0 heterocycles. The second-order valence-electron chi connectivity index (χ2n) is 4.49. The molecule has 0 spiro atoms. The zero-order chi connectivity index (χ0) is 14.5. The number of hydrogen-bond donors (Lipinski definition) is 0. The quantitative estimate of drug-likeness (QED) is 0.422. The molecule has 0 aliphatic carbocycles. The molecule has 0 aromatic heterocycles. The summed E-state index contributed by atoms with van der Waals surface area (Å²) in [6.07, 6.45) is 7.00. The fourth-order valence-corrected chi connectivity index (χ4v) is 2.40. The largest absolute Gasteiger partial charge is 0.122 e. The van der Waals surface area contributed by atoms with Gasteiger partial charge in [-0.2, -0.15) is 0 Å². The van der Waals surface area contributed by atoms with Crippen molar-refractivity contribution in [3.05, 3.63) is 53.6 Å². The molecule has 0 saturated carbocycles. The van der Waals surface area contributed by atoms with E-state index in [0.717, 1.165) is 5.75 Å². The molecule has 1 aromatic rings. The van der Waals surface area contributed by atoms with Crippen molar-refractivity contribution < 1.29 is 0 Å². The third-order valence-corrected chi connectivity index (χ3v) is 3.46. The van der Waals surface area contributed by atoms with Gasteiger partial charge in [-0.05, 0) is 45.7 Å². The zero-order valence-electron chi connectivity index (χ0n) is 13.1. The fraction of sp³-hybridized carbons (Fsp3) is 0.444. The van der Waals surface area contributed by atoms with E-state index in [2.05, 4.69) is 63.3 Å². The Bertz CT molecular complexity index is 370. The minimum absolute atomic E-state index is 1.07. The number of hydrogen-bond acceptors (Lipinski definition) is 1. The summed E-state index contributed by atoms with van der Waals surface area (Å²) < 4.78 is 0. The van der Waals surface area contributed by atoms with Crippen molar-refractivity contribution in [3.63, 3.8) is 0 Å². The van der Waals surface area contributed by atoms with Gasteiger partial charge in [0.15, 0.2) is 0 Å². The van der Waals surface area contributed by atoms with Crippen molar-refractivity contribution in [2.24, 2.45) is 0 Å². The molecule has 0 nitrogen and oxygen atoms in total. The number of thioether (sulfide) groups is 1. The summed E-state index contributed by atoms with van der Waals surface area (Å²) in [6.45, 7) is 10.5. The average molecular weight is 276 g/mol. The van der Waals surface area contributed by atoms with Gasteiger partial charge in [-0.15, -0.1) is 11.8 Å². The molecule has 0 N–H and O–H groups in total. The van der Waals surface area contributed by atoms with E-state index in [9.17, 15) is 0 Å². The van der Waals surface area contributed by atoms with E-state index < -0.39 is 0 Å². The van der Waals surface area contributed by atoms with Gasteiger partial charge in [0.1, 0.15) is 0 Å². The summed E-state index contributed by atoms with van der Waals surface area (Å²) in [5, 5.41) is 0. The first-order valence-corrected chi connectivity index (χ1v) is 8.14. The number of benzene rings is 1. The lowest BCUT2D eigenvalue weighted by molar-refractivity contribution is 0.964. The van der Waals surface area contributed by atoms with Gasteiger partial charge < -0.3 is 0 Å². The molecule has 0 aliphatic rings. The Labute approximate surface area is 124 Å². The number of rotatable bonds is 6. The van der Waals surface area contributed by atoms with Gasteiger partial charge in [-0.3, -0.25) is 0 Å². The molecule has 0 saturated heterocycles. The highest BCUT2D eigenvalue weighted by atomic mass is 32.2. The monoisotopic (exact) mass is 276 g/mol. The average Bonchev–Trinajstić information content (AvgIpc) is 2.42. The number of allylic oxidation sites excluding steroid dienone is 3. The lowest BCUT2D eigenvalue weighted by Gasteiger charge is -2.00. The summed E-state index contributed by atoms with van der Waals surface area (Å²) in [5.74, 6) is 1.07. The molecule has 0 aliphatic heterocycles. The SMILES string of the molecule is CC.CC(C)=CCC/C(C)=C/CSc1ccccc1. The van der Waals surface area contributed by atoms with E-state index in [1.165, 1.54) is 28.9 Å². The van der Waals surface area contributed by atoms with Gasteiger partial charge in [0.05, 0.1) is 0 Å². The summed E-state index contributed by atoms with van der Waals surface area (Å²) in [4.78, 5) is 1.35. The summed E-state index contributed by atoms with van der Waals surface area (Å²) in [6, 6.07) is 10.6. The third-order valence-electron chi connectivity index (χ3n) is 2.52. The Morgan fingerprint density at radius 1 is 1.00 bits per heavy atom. The van der Waals surface area contributed by atoms with Crippen molar-refractivity contribution in [3.8, 4) is 0 Å². The van der Waals surface area contributed by atoms with Crippen molar-refractivity contribution in [2.75, 3.05) is 5.75 Å². The van der Waals surface area contributed by atoms with Gasteiger partial charge in [0, 0.05) is 10.6 Å². The third kappa shape index (κ3) is 10.6. The van der Waals surface area contributed by atoms with Crippen LogP contribution < -0.4 is 0 Å². The fourth-order valence-electron chi connectivity index (χ4n) is 1.49. The van der Waals surface area contributed by atoms with Crippen LogP contribution in [0, 0.1) is 0 Å². The molecule has 0 unspecified atom stereocenters. The minimum Gasteiger partial charge on any atom is -0.122 e. The van der Waals surface area contributed by atoms with Crippen molar-refractivity contribution in [2.45, 2.75) is 52.4 Å². The molecular weight excluding hydrogens is 248 g/mol. The van der Waals surface area contributed by atoms with E-state index in [0.29, 0.717) is 0 Å². The lowest BCUT2D eigenvalue weighted by Crippen LogP contribution is -1.80. The normalized spacial score (nSPS) is 10.5. The highest BCUT2D eigenvalue weighted by Crippen LogP contribution is 2.18. The topological polar surface area (TPSA) is 0 Å². The maximum atomic E-state index is 2.34. The van der Waals surface area contributed by atoms with Crippen LogP contribution in [0.1, 0.15) is 47.5 Å². The van der Waals surface area contributed by atoms with Crippen LogP contribution in [0.25, 0.3) is 0 Å². The van der Waals surface area contributed by atoms with E-state index in [1.807, 2.05) is 25.6 Å². The van der Waals surface area contributed by atoms with E-state index >= 15 is 0 Å². The summed E-state index contributed by atoms with van der Waals surface area (Å²) in [7, 11) is 0. The maximum Gasteiger partial charge on any atom is 0.0163 e. The molecule has 1 aromatic carbocycles. The molecule has 1 heteroatoms. The second kappa shape index (κ2) is 12.1. The van der Waals surface area contributed by atoms with Crippen LogP contribution >= 0.6 is 11.8 Å². The first kappa shape index (κ1) is 18.0. The van der Waals surface area contributed by atoms with Crippen LogP contribution in [0.3, 0.4) is 0 Å². The molecule has 0 atom stereocenters. The van der Waals surface area contributed by atoms with Gasteiger partial charge in [0.25, 0.3) is 0 Å². The van der Waals surface area contributed by atoms with Crippen LogP contribution in [-0.2, 0) is 0 Å². The van der Waals surface area contributed by atoms with E-state index in [4.69, 9.17) is 0 Å². The highest BCUT2D eigenvalue weighted by molar-refractivity contribution is 7.99. The Morgan fingerprint density at radius 2 is 1.63 bits per heavy atom. The lowest BCUT2D eigenvalue weighted by atomic mass is 10.1. The molecule has 0 amide bonds. The molecular formula is C18H28S. The maximum absolute atomic E-state index is 2.34. The Kier molecular flexibility index (Phi) is 11.5. The first-order chi connectivity index (χ1) is 9.18. The molecule has 0 fully saturated rings. The van der Waals surface area contributed by atoms with Crippen LogP contribution in [0.2, 0.25) is 0 Å². The highest BCUT2D eigenvalue weighted by Gasteiger charge is 1.92. The molecule has 1 rings (SSSR count). The molecule has 106 valence electrons. The van der Waals surface area contributed by atoms with Crippen molar-refractivity contribution >= 4 is 11.8 Å². The van der Waals surface area contributed by atoms with Crippen LogP contribution in [0.5, 0.6) is 0 Å². The van der Waals surface area contributed by atoms with Crippen molar-refractivity contribution in [1.29, 1.82) is 0 Å². The van der Waals surface area contributed by atoms with Gasteiger partial charge in [0.2, 0.25) is 0 Å². The predicted octanol–water partition coefficient (Wildman–Crippen LogP) is 6.50. The second-order valence-corrected chi connectivity index (χ2v) is 5.59. The summed E-state index contributed by atoms with van der Waals surface area (Å²) >= 11 is 1.90. The molecule has 19 heavy (non-hydrogen) atoms. The van der Waals surface area contributed by atoms with Crippen molar-refractivity contribution in [1.82, 2.24) is 0 Å². The first-order valence-electron chi connectivity index (χ1n) is 7.15. The Hall–Kier alpha value is -0.950. The minimum atomic E-state index is 1.07. The smallest absolute Gasteiger partial charge is 0.0163 e. The van der Waals surface area contributed by atoms with Crippen LogP contribution in [0.15, 0.2) is 58.5 Å². The van der Waals surface area contributed by atoms with Gasteiger partial charge in [-0.25, -0.2) is 0 Å². The molecule has 0 radical (unpaired) electrons. The van der Waals surface area contributed by atoms with E-state index in [1.54, 1.807) is 0 Å². The van der Waals surface area contributed by atoms with E-state index in [-0.39, 0.29) is 0 Å². The summed E-state index contributed by atoms with van der Waals surface area (Å²) in [5.41, 5.74) is 2.90. The standard InChI is InChI=1S/C16H22S.C2H6/c1-14(2)8-7-9-15(3)12-13-17-16-10-5-4-6-11-16;1-2/h4-6,8,10-12H,7,9,13H2,1-3H3;1-2H3/b15-12+;. The van der Waals surface area contributed by atoms with Gasteiger partial charge in [-0.1, -0.05) is 55.3 Å². The Morgan fingerprint density at radius 3 is 2.21 bits per heavy atom. The van der Waals surface area contributed by atoms with Crippen LogP contribution in [0.4, 0.5) is 0 Å².